The van der Waals surface area contributed by atoms with Gasteiger partial charge in [0, 0.05) is 22.7 Å². The molecule has 2 aromatic carbocycles. The molecule has 1 heterocycles. The number of pyridine rings is 1. The van der Waals surface area contributed by atoms with Crippen molar-refractivity contribution in [3.63, 3.8) is 0 Å². The molecule has 0 aliphatic rings. The summed E-state index contributed by atoms with van der Waals surface area (Å²) in [6.07, 6.45) is 0. The number of hydrogen-bond donors (Lipinski definition) is 3. The van der Waals surface area contributed by atoms with E-state index in [1.54, 1.807) is 12.1 Å². The van der Waals surface area contributed by atoms with Gasteiger partial charge in [0.15, 0.2) is 0 Å². The number of aliphatic hydroxyl groups excluding tert-OH is 1. The lowest BCUT2D eigenvalue weighted by molar-refractivity contribution is 0.282. The second kappa shape index (κ2) is 4.83. The Morgan fingerprint density at radius 3 is 2.60 bits per heavy atom. The van der Waals surface area contributed by atoms with Crippen LogP contribution in [0.5, 0.6) is 5.75 Å². The Kier molecular flexibility index (Phi) is 3.00. The molecule has 0 spiro atoms. The Bertz CT molecular complexity index is 785. The van der Waals surface area contributed by atoms with Crippen LogP contribution < -0.4 is 5.73 Å². The number of aromatic hydroxyl groups is 1. The predicted octanol–water partition coefficient (Wildman–Crippen LogP) is 2.68. The van der Waals surface area contributed by atoms with Crippen LogP contribution in [0.25, 0.3) is 22.2 Å². The summed E-state index contributed by atoms with van der Waals surface area (Å²) in [6.45, 7) is 0.0104. The van der Waals surface area contributed by atoms with Gasteiger partial charge in [0.2, 0.25) is 0 Å². The lowest BCUT2D eigenvalue weighted by Gasteiger charge is -2.07. The molecule has 0 unspecified atom stereocenters. The molecule has 1 aromatic heterocycles. The van der Waals surface area contributed by atoms with E-state index in [4.69, 9.17) is 10.8 Å². The maximum atomic E-state index is 9.95. The molecule has 20 heavy (non-hydrogen) atoms. The van der Waals surface area contributed by atoms with Crippen LogP contribution in [-0.4, -0.2) is 15.2 Å². The number of aliphatic hydroxyl groups is 1. The van der Waals surface area contributed by atoms with Gasteiger partial charge in [0.25, 0.3) is 0 Å². The predicted molar refractivity (Wildman–Crippen MR) is 79.2 cm³/mol. The number of fused-ring (bicyclic) bond motifs is 1. The number of hydrogen-bond acceptors (Lipinski definition) is 4. The molecule has 0 atom stereocenters. The molecule has 0 aliphatic carbocycles. The van der Waals surface area contributed by atoms with E-state index >= 15 is 0 Å². The zero-order chi connectivity index (χ0) is 14.1. The maximum Gasteiger partial charge on any atom is 0.127 e. The van der Waals surface area contributed by atoms with Crippen LogP contribution in [0.15, 0.2) is 48.5 Å². The number of nitrogen functional groups attached to an aromatic ring is 1. The minimum atomic E-state index is 0.0104. The molecule has 0 radical (unpaired) electrons. The Balaban J connectivity index is 2.13. The molecule has 100 valence electrons. The van der Waals surface area contributed by atoms with Gasteiger partial charge in [-0.1, -0.05) is 12.1 Å². The monoisotopic (exact) mass is 266 g/mol. The molecule has 3 aromatic rings. The highest BCUT2D eigenvalue weighted by Crippen LogP contribution is 2.30. The van der Waals surface area contributed by atoms with Crippen molar-refractivity contribution in [1.82, 2.24) is 4.98 Å². The van der Waals surface area contributed by atoms with E-state index in [-0.39, 0.29) is 12.4 Å². The second-order valence-electron chi connectivity index (χ2n) is 4.66. The first-order valence-electron chi connectivity index (χ1n) is 6.27. The molecule has 4 N–H and O–H groups in total. The summed E-state index contributed by atoms with van der Waals surface area (Å²) in [6, 6.07) is 14.4. The molecule has 0 bridgehead atoms. The average molecular weight is 266 g/mol. The fourth-order valence-corrected chi connectivity index (χ4v) is 2.19. The van der Waals surface area contributed by atoms with Crippen molar-refractivity contribution in [2.45, 2.75) is 6.61 Å². The van der Waals surface area contributed by atoms with E-state index in [9.17, 15) is 5.11 Å². The molecular formula is C16H14N2O2. The number of phenols is 1. The van der Waals surface area contributed by atoms with E-state index in [0.29, 0.717) is 16.9 Å². The van der Waals surface area contributed by atoms with Gasteiger partial charge in [-0.2, -0.15) is 0 Å². The second-order valence-corrected chi connectivity index (χ2v) is 4.66. The van der Waals surface area contributed by atoms with Crippen molar-refractivity contribution in [3.8, 4) is 17.0 Å². The van der Waals surface area contributed by atoms with Gasteiger partial charge < -0.3 is 15.9 Å². The van der Waals surface area contributed by atoms with Gasteiger partial charge in [0.05, 0.1) is 17.8 Å². The minimum Gasteiger partial charge on any atom is -0.507 e. The molecule has 3 rings (SSSR count). The summed E-state index contributed by atoms with van der Waals surface area (Å²) >= 11 is 0. The van der Waals surface area contributed by atoms with Gasteiger partial charge >= 0.3 is 0 Å². The molecule has 0 saturated heterocycles. The Morgan fingerprint density at radius 1 is 1.00 bits per heavy atom. The van der Waals surface area contributed by atoms with Crippen LogP contribution >= 0.6 is 0 Å². The number of nitrogens with two attached hydrogens (primary N) is 1. The summed E-state index contributed by atoms with van der Waals surface area (Å²) in [7, 11) is 0. The Labute approximate surface area is 116 Å². The number of benzene rings is 2. The minimum absolute atomic E-state index is 0.0104. The quantitative estimate of drug-likeness (QED) is 0.623. The molecule has 0 aliphatic heterocycles. The average Bonchev–Trinajstić information content (AvgIpc) is 2.46. The third-order valence-electron chi connectivity index (χ3n) is 3.23. The van der Waals surface area contributed by atoms with Gasteiger partial charge in [0.1, 0.15) is 5.75 Å². The fraction of sp³-hybridized carbons (Fsp3) is 0.0625. The number of aromatic nitrogens is 1. The van der Waals surface area contributed by atoms with E-state index in [1.807, 2.05) is 30.3 Å². The van der Waals surface area contributed by atoms with E-state index in [1.165, 1.54) is 6.07 Å². The number of nitrogens with zero attached hydrogens (tertiary/aromatic N) is 1. The van der Waals surface area contributed by atoms with Crippen molar-refractivity contribution in [2.24, 2.45) is 0 Å². The third kappa shape index (κ3) is 2.17. The topological polar surface area (TPSA) is 79.4 Å². The Morgan fingerprint density at radius 2 is 1.85 bits per heavy atom. The lowest BCUT2D eigenvalue weighted by atomic mass is 10.1. The van der Waals surface area contributed by atoms with Gasteiger partial charge in [-0.05, 0) is 35.9 Å². The summed E-state index contributed by atoms with van der Waals surface area (Å²) in [5.74, 6) is 0.115. The smallest absolute Gasteiger partial charge is 0.127 e. The molecule has 0 fully saturated rings. The largest absolute Gasteiger partial charge is 0.507 e. The summed E-state index contributed by atoms with van der Waals surface area (Å²) < 4.78 is 0. The summed E-state index contributed by atoms with van der Waals surface area (Å²) in [5.41, 5.74) is 9.14. The van der Waals surface area contributed by atoms with Crippen molar-refractivity contribution < 1.29 is 10.2 Å². The van der Waals surface area contributed by atoms with Crippen LogP contribution in [-0.2, 0) is 6.61 Å². The van der Waals surface area contributed by atoms with Crippen LogP contribution in [0.4, 0.5) is 5.69 Å². The SMILES string of the molecule is Nc1ccc(-c2ccc3cc(CO)ccc3n2)c(O)c1. The maximum absolute atomic E-state index is 9.95. The van der Waals surface area contributed by atoms with Crippen molar-refractivity contribution in [2.75, 3.05) is 5.73 Å². The first-order valence-corrected chi connectivity index (χ1v) is 6.27. The highest BCUT2D eigenvalue weighted by Gasteiger charge is 2.07. The van der Waals surface area contributed by atoms with E-state index < -0.39 is 0 Å². The Hall–Kier alpha value is -2.59. The highest BCUT2D eigenvalue weighted by atomic mass is 16.3. The normalized spacial score (nSPS) is 10.8. The number of anilines is 1. The fourth-order valence-electron chi connectivity index (χ4n) is 2.19. The number of rotatable bonds is 2. The zero-order valence-electron chi connectivity index (χ0n) is 10.7. The van der Waals surface area contributed by atoms with E-state index in [0.717, 1.165) is 16.5 Å². The molecular weight excluding hydrogens is 252 g/mol. The van der Waals surface area contributed by atoms with Gasteiger partial charge in [-0.3, -0.25) is 0 Å². The van der Waals surface area contributed by atoms with Gasteiger partial charge in [-0.15, -0.1) is 0 Å². The first-order chi connectivity index (χ1) is 9.67. The van der Waals surface area contributed by atoms with Crippen LogP contribution in [0.1, 0.15) is 5.56 Å². The molecule has 0 saturated carbocycles. The zero-order valence-corrected chi connectivity index (χ0v) is 10.7. The molecule has 4 nitrogen and oxygen atoms in total. The number of phenolic OH excluding ortho intramolecular Hbond substituents is 1. The summed E-state index contributed by atoms with van der Waals surface area (Å²) in [5, 5.41) is 20.0. The standard InChI is InChI=1S/C16H14N2O2/c17-12-3-4-13(16(20)8-12)15-6-2-11-7-10(9-19)1-5-14(11)18-15/h1-8,19-20H,9,17H2. The van der Waals surface area contributed by atoms with Gasteiger partial charge in [-0.25, -0.2) is 4.98 Å². The highest BCUT2D eigenvalue weighted by molar-refractivity contribution is 5.83. The molecule has 4 heteroatoms. The third-order valence-corrected chi connectivity index (χ3v) is 3.23. The molecule has 0 amide bonds. The van der Waals surface area contributed by atoms with Crippen LogP contribution in [0.2, 0.25) is 0 Å². The summed E-state index contributed by atoms with van der Waals surface area (Å²) in [4.78, 5) is 4.53. The van der Waals surface area contributed by atoms with Crippen LogP contribution in [0, 0.1) is 0 Å². The first kappa shape index (κ1) is 12.4. The van der Waals surface area contributed by atoms with Crippen LogP contribution in [0.3, 0.4) is 0 Å². The van der Waals surface area contributed by atoms with Crippen molar-refractivity contribution >= 4 is 16.6 Å². The van der Waals surface area contributed by atoms with Crippen molar-refractivity contribution in [1.29, 1.82) is 0 Å². The van der Waals surface area contributed by atoms with Crippen molar-refractivity contribution in [3.05, 3.63) is 54.1 Å². The lowest BCUT2D eigenvalue weighted by Crippen LogP contribution is -1.90. The van der Waals surface area contributed by atoms with E-state index in [2.05, 4.69) is 4.98 Å².